The Bertz CT molecular complexity index is 749. The average Bonchev–Trinajstić information content (AvgIpc) is 2.93. The van der Waals surface area contributed by atoms with Crippen LogP contribution in [0, 0.1) is 6.92 Å². The summed E-state index contributed by atoms with van der Waals surface area (Å²) in [6.07, 6.45) is -0.408. The SMILES string of the molecule is Cc1cc2c(c3c1NCC3(C)C)O[C@@](C)(CNC(=O)OC(C)(C)C)[C@H]2C. The van der Waals surface area contributed by atoms with Crippen LogP contribution in [0.4, 0.5) is 10.5 Å². The summed E-state index contributed by atoms with van der Waals surface area (Å²) in [5.41, 5.74) is 3.96. The van der Waals surface area contributed by atoms with Crippen molar-refractivity contribution in [1.29, 1.82) is 0 Å². The van der Waals surface area contributed by atoms with Crippen molar-refractivity contribution in [3.05, 3.63) is 22.8 Å². The monoisotopic (exact) mass is 360 g/mol. The van der Waals surface area contributed by atoms with Crippen LogP contribution in [-0.2, 0) is 10.2 Å². The van der Waals surface area contributed by atoms with Gasteiger partial charge >= 0.3 is 6.09 Å². The van der Waals surface area contributed by atoms with Gasteiger partial charge in [0.15, 0.2) is 0 Å². The quantitative estimate of drug-likeness (QED) is 0.816. The normalized spacial score (nSPS) is 25.8. The van der Waals surface area contributed by atoms with Crippen molar-refractivity contribution in [3.8, 4) is 5.75 Å². The molecule has 5 heteroatoms. The minimum atomic E-state index is -0.510. The molecule has 1 amide bonds. The third-order valence-corrected chi connectivity index (χ3v) is 5.59. The third-order valence-electron chi connectivity index (χ3n) is 5.59. The first kappa shape index (κ1) is 18.9. The molecule has 3 rings (SSSR count). The predicted octanol–water partition coefficient (Wildman–Crippen LogP) is 4.48. The molecule has 1 aromatic carbocycles. The molecular formula is C21H32N2O3. The van der Waals surface area contributed by atoms with E-state index in [1.165, 1.54) is 22.4 Å². The number of ether oxygens (including phenoxy) is 2. The molecule has 1 aromatic rings. The number of hydrogen-bond donors (Lipinski definition) is 2. The molecule has 2 heterocycles. The van der Waals surface area contributed by atoms with Gasteiger partial charge in [-0.3, -0.25) is 0 Å². The second-order valence-corrected chi connectivity index (χ2v) is 9.59. The molecule has 0 saturated carbocycles. The molecule has 0 aromatic heterocycles. The van der Waals surface area contributed by atoms with E-state index in [-0.39, 0.29) is 11.3 Å². The lowest BCUT2D eigenvalue weighted by atomic mass is 9.81. The third kappa shape index (κ3) is 3.12. The van der Waals surface area contributed by atoms with Gasteiger partial charge in [0.1, 0.15) is 17.0 Å². The fraction of sp³-hybridized carbons (Fsp3) is 0.667. The highest BCUT2D eigenvalue weighted by Gasteiger charge is 2.47. The Morgan fingerprint density at radius 1 is 1.38 bits per heavy atom. The summed E-state index contributed by atoms with van der Waals surface area (Å²) in [5.74, 6) is 1.16. The average molecular weight is 360 g/mol. The Morgan fingerprint density at radius 2 is 2.04 bits per heavy atom. The van der Waals surface area contributed by atoms with Gasteiger partial charge in [-0.15, -0.1) is 0 Å². The van der Waals surface area contributed by atoms with Crippen molar-refractivity contribution in [2.24, 2.45) is 0 Å². The number of alkyl carbamates (subject to hydrolysis) is 1. The lowest BCUT2D eigenvalue weighted by molar-refractivity contribution is 0.0418. The molecular weight excluding hydrogens is 328 g/mol. The van der Waals surface area contributed by atoms with E-state index in [0.29, 0.717) is 6.54 Å². The van der Waals surface area contributed by atoms with Gasteiger partial charge in [0, 0.05) is 34.7 Å². The number of carbonyl (C=O) groups excluding carboxylic acids is 1. The van der Waals surface area contributed by atoms with Gasteiger partial charge in [-0.25, -0.2) is 4.79 Å². The standard InChI is InChI=1S/C21H32N2O3/c1-12-9-14-13(2)21(8,11-23-18(24)26-19(3,4)5)25-17(14)15-16(12)22-10-20(15,6)7/h9,13,22H,10-11H2,1-8H3,(H,23,24)/t13-,21-/m0/s1. The molecule has 5 nitrogen and oxygen atoms in total. The van der Waals surface area contributed by atoms with E-state index in [2.05, 4.69) is 51.3 Å². The van der Waals surface area contributed by atoms with Gasteiger partial charge in [0.25, 0.3) is 0 Å². The molecule has 0 spiro atoms. The molecule has 26 heavy (non-hydrogen) atoms. The van der Waals surface area contributed by atoms with Crippen LogP contribution < -0.4 is 15.4 Å². The molecule has 0 fully saturated rings. The van der Waals surface area contributed by atoms with Crippen LogP contribution >= 0.6 is 0 Å². The fourth-order valence-electron chi connectivity index (χ4n) is 3.93. The zero-order valence-electron chi connectivity index (χ0n) is 17.3. The van der Waals surface area contributed by atoms with Crippen molar-refractivity contribution < 1.29 is 14.3 Å². The summed E-state index contributed by atoms with van der Waals surface area (Å²) in [4.78, 5) is 12.1. The number of rotatable bonds is 2. The van der Waals surface area contributed by atoms with Gasteiger partial charge in [-0.05, 0) is 46.2 Å². The Kier molecular flexibility index (Phi) is 4.21. The molecule has 0 bridgehead atoms. The van der Waals surface area contributed by atoms with Crippen LogP contribution in [-0.4, -0.2) is 30.4 Å². The highest BCUT2D eigenvalue weighted by atomic mass is 16.6. The largest absolute Gasteiger partial charge is 0.484 e. The highest BCUT2D eigenvalue weighted by molar-refractivity contribution is 5.73. The first-order valence-electron chi connectivity index (χ1n) is 9.42. The van der Waals surface area contributed by atoms with Gasteiger partial charge in [0.05, 0.1) is 6.54 Å². The van der Waals surface area contributed by atoms with Gasteiger partial charge in [-0.2, -0.15) is 0 Å². The second kappa shape index (κ2) is 5.80. The van der Waals surface area contributed by atoms with Crippen LogP contribution in [0.5, 0.6) is 5.75 Å². The van der Waals surface area contributed by atoms with E-state index < -0.39 is 17.3 Å². The maximum atomic E-state index is 12.1. The summed E-state index contributed by atoms with van der Waals surface area (Å²) in [6, 6.07) is 2.23. The summed E-state index contributed by atoms with van der Waals surface area (Å²) < 4.78 is 11.9. The fourth-order valence-corrected chi connectivity index (χ4v) is 3.93. The van der Waals surface area contributed by atoms with Gasteiger partial charge in [-0.1, -0.05) is 20.8 Å². The molecule has 2 atom stereocenters. The smallest absolute Gasteiger partial charge is 0.407 e. The molecule has 0 aliphatic carbocycles. The molecule has 0 saturated heterocycles. The lowest BCUT2D eigenvalue weighted by Gasteiger charge is -2.30. The zero-order chi connectivity index (χ0) is 19.5. The van der Waals surface area contributed by atoms with Crippen molar-refractivity contribution in [1.82, 2.24) is 5.32 Å². The maximum Gasteiger partial charge on any atom is 0.407 e. The van der Waals surface area contributed by atoms with Crippen molar-refractivity contribution in [3.63, 3.8) is 0 Å². The van der Waals surface area contributed by atoms with E-state index in [4.69, 9.17) is 9.47 Å². The lowest BCUT2D eigenvalue weighted by Crippen LogP contribution is -2.47. The number of carbonyl (C=O) groups is 1. The first-order chi connectivity index (χ1) is 11.8. The van der Waals surface area contributed by atoms with Crippen molar-refractivity contribution >= 4 is 11.8 Å². The number of amides is 1. The minimum absolute atomic E-state index is 0.0228. The van der Waals surface area contributed by atoms with E-state index >= 15 is 0 Å². The van der Waals surface area contributed by atoms with E-state index in [1.54, 1.807) is 0 Å². The van der Waals surface area contributed by atoms with Gasteiger partial charge < -0.3 is 20.1 Å². The zero-order valence-corrected chi connectivity index (χ0v) is 17.3. The van der Waals surface area contributed by atoms with Gasteiger partial charge in [0.2, 0.25) is 0 Å². The molecule has 2 aliphatic heterocycles. The maximum absolute atomic E-state index is 12.1. The Balaban J connectivity index is 1.86. The number of hydrogen-bond acceptors (Lipinski definition) is 4. The minimum Gasteiger partial charge on any atom is -0.484 e. The van der Waals surface area contributed by atoms with Crippen LogP contribution in [0.25, 0.3) is 0 Å². The number of anilines is 1. The number of benzene rings is 1. The summed E-state index contributed by atoms with van der Waals surface area (Å²) in [5, 5.41) is 6.42. The van der Waals surface area contributed by atoms with Crippen LogP contribution in [0.2, 0.25) is 0 Å². The van der Waals surface area contributed by atoms with Crippen LogP contribution in [0.3, 0.4) is 0 Å². The molecule has 0 radical (unpaired) electrons. The van der Waals surface area contributed by atoms with E-state index in [9.17, 15) is 4.79 Å². The number of aryl methyl sites for hydroxylation is 1. The Morgan fingerprint density at radius 3 is 2.65 bits per heavy atom. The van der Waals surface area contributed by atoms with Crippen LogP contribution in [0.15, 0.2) is 6.07 Å². The summed E-state index contributed by atoms with van der Waals surface area (Å²) >= 11 is 0. The summed E-state index contributed by atoms with van der Waals surface area (Å²) in [6.45, 7) is 17.8. The predicted molar refractivity (Wildman–Crippen MR) is 104 cm³/mol. The molecule has 0 unspecified atom stereocenters. The number of fused-ring (bicyclic) bond motifs is 3. The van der Waals surface area contributed by atoms with Crippen molar-refractivity contribution in [2.75, 3.05) is 18.4 Å². The van der Waals surface area contributed by atoms with E-state index in [0.717, 1.165) is 12.3 Å². The molecule has 144 valence electrons. The topological polar surface area (TPSA) is 59.6 Å². The molecule has 2 N–H and O–H groups in total. The highest BCUT2D eigenvalue weighted by Crippen LogP contribution is 2.54. The Labute approximate surface area is 156 Å². The summed E-state index contributed by atoms with van der Waals surface area (Å²) in [7, 11) is 0. The van der Waals surface area contributed by atoms with E-state index in [1.807, 2.05) is 20.8 Å². The molecule has 2 aliphatic rings. The first-order valence-corrected chi connectivity index (χ1v) is 9.42. The number of nitrogens with one attached hydrogen (secondary N) is 2. The second-order valence-electron chi connectivity index (χ2n) is 9.59. The van der Waals surface area contributed by atoms with Crippen molar-refractivity contribution in [2.45, 2.75) is 77.9 Å². The Hall–Kier alpha value is -1.91. The van der Waals surface area contributed by atoms with Crippen LogP contribution in [0.1, 0.15) is 71.1 Å².